The van der Waals surface area contributed by atoms with Crippen molar-refractivity contribution >= 4 is 5.91 Å². The topological polar surface area (TPSA) is 33.2 Å². The number of alkyl halides is 3. The summed E-state index contributed by atoms with van der Waals surface area (Å²) in [6.45, 7) is 1.28. The molecule has 3 nitrogen and oxygen atoms in total. The molecule has 0 bridgehead atoms. The van der Waals surface area contributed by atoms with Crippen LogP contribution in [0.25, 0.3) is 0 Å². The van der Waals surface area contributed by atoms with Crippen LogP contribution in [-0.4, -0.2) is 28.9 Å². The van der Waals surface area contributed by atoms with Gasteiger partial charge < -0.3 is 4.90 Å². The quantitative estimate of drug-likeness (QED) is 0.797. The number of amides is 1. The van der Waals surface area contributed by atoms with E-state index in [0.717, 1.165) is 18.9 Å². The molecule has 138 valence electrons. The Morgan fingerprint density at radius 3 is 2.62 bits per heavy atom. The SMILES string of the molecule is O=C(c1ccncc1)N1CCC[C@@H](CCc2ccccc2C(F)(F)F)C1. The average molecular weight is 362 g/mol. The van der Waals surface area contributed by atoms with Crippen molar-refractivity contribution in [2.24, 2.45) is 5.92 Å². The number of aryl methyl sites for hydroxylation is 1. The number of benzene rings is 1. The third kappa shape index (κ3) is 4.42. The first-order chi connectivity index (χ1) is 12.4. The molecule has 0 aliphatic carbocycles. The van der Waals surface area contributed by atoms with E-state index in [1.54, 1.807) is 41.6 Å². The third-order valence-corrected chi connectivity index (χ3v) is 4.88. The number of rotatable bonds is 4. The highest BCUT2D eigenvalue weighted by atomic mass is 19.4. The molecule has 1 aliphatic heterocycles. The Morgan fingerprint density at radius 1 is 1.15 bits per heavy atom. The molecule has 0 unspecified atom stereocenters. The minimum Gasteiger partial charge on any atom is -0.338 e. The van der Waals surface area contributed by atoms with Gasteiger partial charge in [-0.1, -0.05) is 18.2 Å². The zero-order chi connectivity index (χ0) is 18.6. The molecular formula is C20H21F3N2O. The fourth-order valence-electron chi connectivity index (χ4n) is 3.54. The largest absolute Gasteiger partial charge is 0.416 e. The zero-order valence-electron chi connectivity index (χ0n) is 14.4. The Morgan fingerprint density at radius 2 is 1.88 bits per heavy atom. The van der Waals surface area contributed by atoms with Gasteiger partial charge in [0, 0.05) is 31.0 Å². The maximum absolute atomic E-state index is 13.1. The van der Waals surface area contributed by atoms with Crippen molar-refractivity contribution in [3.05, 3.63) is 65.5 Å². The fraction of sp³-hybridized carbons (Fsp3) is 0.400. The number of carbonyl (C=O) groups excluding carboxylic acids is 1. The van der Waals surface area contributed by atoms with Gasteiger partial charge in [0.1, 0.15) is 0 Å². The summed E-state index contributed by atoms with van der Waals surface area (Å²) < 4.78 is 39.3. The molecule has 0 spiro atoms. The van der Waals surface area contributed by atoms with Gasteiger partial charge >= 0.3 is 6.18 Å². The van der Waals surface area contributed by atoms with Crippen LogP contribution in [0.5, 0.6) is 0 Å². The number of nitrogens with zero attached hydrogens (tertiary/aromatic N) is 2. The van der Waals surface area contributed by atoms with Gasteiger partial charge in [-0.05, 0) is 55.4 Å². The summed E-state index contributed by atoms with van der Waals surface area (Å²) >= 11 is 0. The molecule has 0 saturated carbocycles. The Bertz CT molecular complexity index is 746. The first-order valence-corrected chi connectivity index (χ1v) is 8.79. The molecule has 1 aliphatic rings. The molecule has 2 aromatic rings. The third-order valence-electron chi connectivity index (χ3n) is 4.88. The van der Waals surface area contributed by atoms with Crippen LogP contribution in [0.1, 0.15) is 40.7 Å². The second kappa shape index (κ2) is 7.89. The first-order valence-electron chi connectivity index (χ1n) is 8.79. The van der Waals surface area contributed by atoms with Crippen LogP contribution < -0.4 is 0 Å². The van der Waals surface area contributed by atoms with Gasteiger partial charge in [0.2, 0.25) is 0 Å². The number of likely N-dealkylation sites (tertiary alicyclic amines) is 1. The van der Waals surface area contributed by atoms with Gasteiger partial charge in [-0.2, -0.15) is 13.2 Å². The van der Waals surface area contributed by atoms with Gasteiger partial charge in [0.25, 0.3) is 5.91 Å². The van der Waals surface area contributed by atoms with Crippen LogP contribution in [0.2, 0.25) is 0 Å². The molecule has 1 saturated heterocycles. The molecule has 1 atom stereocenters. The summed E-state index contributed by atoms with van der Waals surface area (Å²) in [5.74, 6) is 0.184. The van der Waals surface area contributed by atoms with Crippen LogP contribution in [0.15, 0.2) is 48.8 Å². The lowest BCUT2D eigenvalue weighted by atomic mass is 9.90. The Kier molecular flexibility index (Phi) is 5.59. The van der Waals surface area contributed by atoms with Crippen molar-refractivity contribution in [2.45, 2.75) is 31.9 Å². The highest BCUT2D eigenvalue weighted by Crippen LogP contribution is 2.33. The van der Waals surface area contributed by atoms with Crippen molar-refractivity contribution in [2.75, 3.05) is 13.1 Å². The van der Waals surface area contributed by atoms with E-state index in [-0.39, 0.29) is 11.8 Å². The molecule has 3 rings (SSSR count). The predicted molar refractivity (Wildman–Crippen MR) is 92.6 cm³/mol. The van der Waals surface area contributed by atoms with E-state index in [1.165, 1.54) is 6.07 Å². The lowest BCUT2D eigenvalue weighted by Gasteiger charge is -2.33. The van der Waals surface area contributed by atoms with E-state index in [2.05, 4.69) is 4.98 Å². The number of pyridine rings is 1. The highest BCUT2D eigenvalue weighted by molar-refractivity contribution is 5.94. The second-order valence-electron chi connectivity index (χ2n) is 6.69. The standard InChI is InChI=1S/C20H21F3N2O/c21-20(22,23)18-6-2-1-5-16(18)8-7-15-4-3-13-25(14-15)19(26)17-9-11-24-12-10-17/h1-2,5-6,9-12,15H,3-4,7-8,13-14H2/t15-/m0/s1. The number of piperidine rings is 1. The lowest BCUT2D eigenvalue weighted by molar-refractivity contribution is -0.138. The van der Waals surface area contributed by atoms with Crippen molar-refractivity contribution < 1.29 is 18.0 Å². The number of aromatic nitrogens is 1. The van der Waals surface area contributed by atoms with Crippen molar-refractivity contribution in [3.8, 4) is 0 Å². The Balaban J connectivity index is 1.62. The number of halogens is 3. The fourth-order valence-corrected chi connectivity index (χ4v) is 3.54. The maximum Gasteiger partial charge on any atom is 0.416 e. The minimum atomic E-state index is -4.33. The average Bonchev–Trinajstić information content (AvgIpc) is 2.66. The minimum absolute atomic E-state index is 0.0345. The van der Waals surface area contributed by atoms with E-state index in [1.807, 2.05) is 0 Å². The normalized spacial score (nSPS) is 18.0. The summed E-state index contributed by atoms with van der Waals surface area (Å²) in [5, 5.41) is 0. The van der Waals surface area contributed by atoms with Gasteiger partial charge in [0.15, 0.2) is 0 Å². The smallest absolute Gasteiger partial charge is 0.338 e. The molecule has 0 radical (unpaired) electrons. The number of carbonyl (C=O) groups is 1. The van der Waals surface area contributed by atoms with Gasteiger partial charge in [0.05, 0.1) is 5.56 Å². The summed E-state index contributed by atoms with van der Waals surface area (Å²) in [7, 11) is 0. The molecule has 6 heteroatoms. The monoisotopic (exact) mass is 362 g/mol. The van der Waals surface area contributed by atoms with Crippen molar-refractivity contribution in [1.82, 2.24) is 9.88 Å². The van der Waals surface area contributed by atoms with Crippen LogP contribution in [0.4, 0.5) is 13.2 Å². The van der Waals surface area contributed by atoms with Gasteiger partial charge in [-0.3, -0.25) is 9.78 Å². The highest BCUT2D eigenvalue weighted by Gasteiger charge is 2.33. The molecule has 26 heavy (non-hydrogen) atoms. The predicted octanol–water partition coefficient (Wildman–Crippen LogP) is 4.59. The Hall–Kier alpha value is -2.37. The van der Waals surface area contributed by atoms with E-state index < -0.39 is 11.7 Å². The second-order valence-corrected chi connectivity index (χ2v) is 6.69. The van der Waals surface area contributed by atoms with Crippen LogP contribution in [0, 0.1) is 5.92 Å². The summed E-state index contributed by atoms with van der Waals surface area (Å²) in [4.78, 5) is 18.3. The molecule has 1 aromatic heterocycles. The van der Waals surface area contributed by atoms with Gasteiger partial charge in [-0.15, -0.1) is 0 Å². The van der Waals surface area contributed by atoms with Crippen LogP contribution in [-0.2, 0) is 12.6 Å². The molecule has 1 fully saturated rings. The number of hydrogen-bond acceptors (Lipinski definition) is 2. The summed E-state index contributed by atoms with van der Waals surface area (Å²) in [6, 6.07) is 9.12. The molecular weight excluding hydrogens is 341 g/mol. The van der Waals surface area contributed by atoms with Crippen LogP contribution in [0.3, 0.4) is 0 Å². The molecule has 0 N–H and O–H groups in total. The van der Waals surface area contributed by atoms with E-state index >= 15 is 0 Å². The van der Waals surface area contributed by atoms with Crippen molar-refractivity contribution in [3.63, 3.8) is 0 Å². The van der Waals surface area contributed by atoms with E-state index in [9.17, 15) is 18.0 Å². The summed E-state index contributed by atoms with van der Waals surface area (Å²) in [6.07, 6.45) is 1.68. The first kappa shape index (κ1) is 18.4. The Labute approximate surface area is 150 Å². The van der Waals surface area contributed by atoms with Crippen molar-refractivity contribution in [1.29, 1.82) is 0 Å². The molecule has 2 heterocycles. The van der Waals surface area contributed by atoms with Gasteiger partial charge in [-0.25, -0.2) is 0 Å². The maximum atomic E-state index is 13.1. The lowest BCUT2D eigenvalue weighted by Crippen LogP contribution is -2.40. The number of hydrogen-bond donors (Lipinski definition) is 0. The summed E-state index contributed by atoms with van der Waals surface area (Å²) in [5.41, 5.74) is 0.376. The van der Waals surface area contributed by atoms with Crippen LogP contribution >= 0.6 is 0 Å². The van der Waals surface area contributed by atoms with E-state index in [0.29, 0.717) is 37.1 Å². The molecule has 1 aromatic carbocycles. The molecule has 1 amide bonds. The zero-order valence-corrected chi connectivity index (χ0v) is 14.4. The van der Waals surface area contributed by atoms with E-state index in [4.69, 9.17) is 0 Å².